The van der Waals surface area contributed by atoms with Gasteiger partial charge in [0.2, 0.25) is 0 Å². The lowest BCUT2D eigenvalue weighted by atomic mass is 10.1. The number of carboxylic acid groups (broad SMARTS) is 1. The minimum atomic E-state index is -0.913. The highest BCUT2D eigenvalue weighted by atomic mass is 16.4. The molecule has 0 bridgehead atoms. The number of likely N-dealkylation sites (tertiary alicyclic amines) is 1. The second-order valence-electron chi connectivity index (χ2n) is 4.15. The standard InChI is InChI=1S/C10H19NO5/c12-6-7-10(16)8(13)5-11(7)4-2-1-3-9(14)15/h7-8,10,12-13,16H,1-6H2,(H,14,15)/t7-,8-,10?/m1/s1. The van der Waals surface area contributed by atoms with Gasteiger partial charge in [0.05, 0.1) is 24.9 Å². The second-order valence-corrected chi connectivity index (χ2v) is 4.15. The lowest BCUT2D eigenvalue weighted by Crippen LogP contribution is -2.39. The minimum Gasteiger partial charge on any atom is -0.481 e. The highest BCUT2D eigenvalue weighted by molar-refractivity contribution is 5.66. The molecule has 0 aromatic rings. The molecule has 3 atom stereocenters. The summed E-state index contributed by atoms with van der Waals surface area (Å²) in [6.45, 7) is 0.725. The smallest absolute Gasteiger partial charge is 0.303 e. The van der Waals surface area contributed by atoms with Crippen LogP contribution in [0.15, 0.2) is 0 Å². The van der Waals surface area contributed by atoms with Crippen molar-refractivity contribution < 1.29 is 25.2 Å². The van der Waals surface area contributed by atoms with Gasteiger partial charge in [-0.25, -0.2) is 0 Å². The van der Waals surface area contributed by atoms with Gasteiger partial charge in [-0.05, 0) is 19.4 Å². The normalized spacial score (nSPS) is 30.8. The van der Waals surface area contributed by atoms with E-state index in [2.05, 4.69) is 0 Å². The fraction of sp³-hybridized carbons (Fsp3) is 0.900. The van der Waals surface area contributed by atoms with Crippen LogP contribution in [-0.4, -0.2) is 69.2 Å². The molecular formula is C10H19NO5. The van der Waals surface area contributed by atoms with Crippen molar-refractivity contribution in [1.29, 1.82) is 0 Å². The summed E-state index contributed by atoms with van der Waals surface area (Å²) in [4.78, 5) is 12.1. The van der Waals surface area contributed by atoms with Gasteiger partial charge in [0.1, 0.15) is 0 Å². The van der Waals surface area contributed by atoms with E-state index in [0.29, 0.717) is 25.9 Å². The number of unbranched alkanes of at least 4 members (excludes halogenated alkanes) is 1. The number of hydrogen-bond donors (Lipinski definition) is 4. The van der Waals surface area contributed by atoms with Crippen molar-refractivity contribution >= 4 is 5.97 Å². The maximum atomic E-state index is 10.3. The number of nitrogens with zero attached hydrogens (tertiary/aromatic N) is 1. The zero-order chi connectivity index (χ0) is 12.1. The van der Waals surface area contributed by atoms with E-state index in [9.17, 15) is 15.0 Å². The van der Waals surface area contributed by atoms with Gasteiger partial charge in [-0.1, -0.05) is 0 Å². The Hall–Kier alpha value is -0.690. The summed E-state index contributed by atoms with van der Waals surface area (Å²) in [6.07, 6.45) is -0.359. The predicted molar refractivity (Wildman–Crippen MR) is 55.9 cm³/mol. The number of β-amino-alcohol motifs (C(OH)–C–C–N with tert-alkyl or cyclic N) is 1. The molecule has 0 aliphatic carbocycles. The van der Waals surface area contributed by atoms with Crippen molar-refractivity contribution in [2.45, 2.75) is 37.5 Å². The third-order valence-corrected chi connectivity index (χ3v) is 2.95. The Morgan fingerprint density at radius 2 is 2.00 bits per heavy atom. The monoisotopic (exact) mass is 233 g/mol. The highest BCUT2D eigenvalue weighted by Crippen LogP contribution is 2.18. The lowest BCUT2D eigenvalue weighted by molar-refractivity contribution is -0.137. The van der Waals surface area contributed by atoms with Gasteiger partial charge in [0.15, 0.2) is 0 Å². The van der Waals surface area contributed by atoms with Crippen LogP contribution in [0.5, 0.6) is 0 Å². The predicted octanol–water partition coefficient (Wildman–Crippen LogP) is -1.36. The van der Waals surface area contributed by atoms with E-state index in [1.807, 2.05) is 0 Å². The van der Waals surface area contributed by atoms with Crippen LogP contribution in [0.25, 0.3) is 0 Å². The molecule has 1 unspecified atom stereocenters. The highest BCUT2D eigenvalue weighted by Gasteiger charge is 2.38. The Kier molecular flexibility index (Phi) is 5.14. The first kappa shape index (κ1) is 13.4. The molecule has 1 aliphatic rings. The Labute approximate surface area is 94.1 Å². The molecule has 0 aromatic carbocycles. The van der Waals surface area contributed by atoms with Gasteiger partial charge >= 0.3 is 5.97 Å². The van der Waals surface area contributed by atoms with Crippen molar-refractivity contribution in [3.8, 4) is 0 Å². The number of rotatable bonds is 6. The first-order valence-electron chi connectivity index (χ1n) is 5.49. The average molecular weight is 233 g/mol. The van der Waals surface area contributed by atoms with E-state index < -0.39 is 24.2 Å². The number of carbonyl (C=O) groups is 1. The summed E-state index contributed by atoms with van der Waals surface area (Å²) >= 11 is 0. The minimum absolute atomic E-state index is 0.128. The van der Waals surface area contributed by atoms with E-state index in [0.717, 1.165) is 0 Å². The number of hydrogen-bond acceptors (Lipinski definition) is 5. The van der Waals surface area contributed by atoms with E-state index in [1.165, 1.54) is 0 Å². The molecule has 1 rings (SSSR count). The van der Waals surface area contributed by atoms with Gasteiger partial charge in [0.25, 0.3) is 0 Å². The molecule has 1 fully saturated rings. The van der Waals surface area contributed by atoms with Gasteiger partial charge in [-0.3, -0.25) is 9.69 Å². The molecule has 94 valence electrons. The molecule has 0 radical (unpaired) electrons. The molecule has 16 heavy (non-hydrogen) atoms. The van der Waals surface area contributed by atoms with Crippen molar-refractivity contribution in [2.75, 3.05) is 19.7 Å². The maximum Gasteiger partial charge on any atom is 0.303 e. The van der Waals surface area contributed by atoms with E-state index in [1.54, 1.807) is 4.90 Å². The van der Waals surface area contributed by atoms with Crippen LogP contribution in [0.3, 0.4) is 0 Å². The molecule has 6 heteroatoms. The van der Waals surface area contributed by atoms with Crippen LogP contribution >= 0.6 is 0 Å². The third kappa shape index (κ3) is 3.41. The summed E-state index contributed by atoms with van der Waals surface area (Å²) in [7, 11) is 0. The molecule has 1 saturated heterocycles. The van der Waals surface area contributed by atoms with Crippen LogP contribution in [0, 0.1) is 0 Å². The third-order valence-electron chi connectivity index (χ3n) is 2.95. The van der Waals surface area contributed by atoms with Gasteiger partial charge in [0, 0.05) is 13.0 Å². The maximum absolute atomic E-state index is 10.3. The fourth-order valence-corrected chi connectivity index (χ4v) is 2.03. The van der Waals surface area contributed by atoms with Crippen LogP contribution in [0.2, 0.25) is 0 Å². The van der Waals surface area contributed by atoms with Gasteiger partial charge < -0.3 is 20.4 Å². The van der Waals surface area contributed by atoms with E-state index >= 15 is 0 Å². The molecular weight excluding hydrogens is 214 g/mol. The van der Waals surface area contributed by atoms with Crippen molar-refractivity contribution in [3.63, 3.8) is 0 Å². The molecule has 0 amide bonds. The molecule has 0 spiro atoms. The zero-order valence-corrected chi connectivity index (χ0v) is 9.12. The molecule has 6 nitrogen and oxygen atoms in total. The van der Waals surface area contributed by atoms with Crippen molar-refractivity contribution in [2.24, 2.45) is 0 Å². The van der Waals surface area contributed by atoms with Gasteiger partial charge in [-0.15, -0.1) is 0 Å². The van der Waals surface area contributed by atoms with Crippen molar-refractivity contribution in [1.82, 2.24) is 4.90 Å². The van der Waals surface area contributed by atoms with E-state index in [-0.39, 0.29) is 13.0 Å². The summed E-state index contributed by atoms with van der Waals surface area (Å²) in [5, 5.41) is 36.5. The Morgan fingerprint density at radius 1 is 1.31 bits per heavy atom. The Morgan fingerprint density at radius 3 is 2.56 bits per heavy atom. The van der Waals surface area contributed by atoms with Crippen LogP contribution in [0.4, 0.5) is 0 Å². The largest absolute Gasteiger partial charge is 0.481 e. The second kappa shape index (κ2) is 6.15. The zero-order valence-electron chi connectivity index (χ0n) is 9.12. The average Bonchev–Trinajstić information content (AvgIpc) is 2.49. The Bertz CT molecular complexity index is 235. The molecule has 1 aliphatic heterocycles. The van der Waals surface area contributed by atoms with Crippen LogP contribution in [-0.2, 0) is 4.79 Å². The van der Waals surface area contributed by atoms with Crippen molar-refractivity contribution in [3.05, 3.63) is 0 Å². The van der Waals surface area contributed by atoms with Crippen LogP contribution < -0.4 is 0 Å². The summed E-state index contributed by atoms with van der Waals surface area (Å²) in [5.74, 6) is -0.819. The summed E-state index contributed by atoms with van der Waals surface area (Å²) < 4.78 is 0. The first-order chi connectivity index (χ1) is 7.56. The molecule has 0 aromatic heterocycles. The summed E-state index contributed by atoms with van der Waals surface area (Å²) in [6, 6.07) is -0.431. The number of carboxylic acids is 1. The lowest BCUT2D eigenvalue weighted by Gasteiger charge is -2.23. The number of aliphatic carboxylic acids is 1. The first-order valence-corrected chi connectivity index (χ1v) is 5.49. The summed E-state index contributed by atoms with van der Waals surface area (Å²) in [5.41, 5.74) is 0. The van der Waals surface area contributed by atoms with Crippen LogP contribution in [0.1, 0.15) is 19.3 Å². The fourth-order valence-electron chi connectivity index (χ4n) is 2.03. The van der Waals surface area contributed by atoms with Gasteiger partial charge in [-0.2, -0.15) is 0 Å². The number of aliphatic hydroxyl groups is 3. The topological polar surface area (TPSA) is 101 Å². The quantitative estimate of drug-likeness (QED) is 0.423. The SMILES string of the molecule is O=C(O)CCCCN1C[C@@H](O)C(O)[C@H]1CO. The Balaban J connectivity index is 2.28. The molecule has 4 N–H and O–H groups in total. The molecule has 0 saturated carbocycles. The van der Waals surface area contributed by atoms with E-state index in [4.69, 9.17) is 10.2 Å². The number of aliphatic hydroxyl groups excluding tert-OH is 3. The molecule has 1 heterocycles.